The van der Waals surface area contributed by atoms with Gasteiger partial charge in [0.2, 0.25) is 0 Å². The van der Waals surface area contributed by atoms with Crippen LogP contribution >= 0.6 is 0 Å². The highest BCUT2D eigenvalue weighted by Crippen LogP contribution is 2.31. The molecule has 1 aliphatic heterocycles. The average Bonchev–Trinajstić information content (AvgIpc) is 2.81. The third-order valence-electron chi connectivity index (χ3n) is 3.53. The van der Waals surface area contributed by atoms with Gasteiger partial charge in [0, 0.05) is 6.42 Å². The fourth-order valence-corrected chi connectivity index (χ4v) is 2.22. The van der Waals surface area contributed by atoms with Crippen LogP contribution < -0.4 is 0 Å². The number of nitrogens with zero attached hydrogens (tertiary/aromatic N) is 1. The molecule has 3 nitrogen and oxygen atoms in total. The molecular formula is C15H21NO2. The quantitative estimate of drug-likeness (QED) is 0.868. The van der Waals surface area contributed by atoms with Gasteiger partial charge in [0.15, 0.2) is 5.60 Å². The van der Waals surface area contributed by atoms with Gasteiger partial charge in [0.1, 0.15) is 0 Å². The predicted molar refractivity (Wildman–Crippen MR) is 72.6 cm³/mol. The summed E-state index contributed by atoms with van der Waals surface area (Å²) < 4.78 is 0. The third kappa shape index (κ3) is 2.72. The van der Waals surface area contributed by atoms with Gasteiger partial charge >= 0.3 is 0 Å². The van der Waals surface area contributed by atoms with E-state index in [0.29, 0.717) is 6.42 Å². The Labute approximate surface area is 108 Å². The van der Waals surface area contributed by atoms with Gasteiger partial charge < -0.3 is 9.94 Å². The Kier molecular flexibility index (Phi) is 4.02. The lowest BCUT2D eigenvalue weighted by atomic mass is 9.88. The summed E-state index contributed by atoms with van der Waals surface area (Å²) in [4.78, 5) is 5.50. The molecule has 0 fully saturated rings. The lowest BCUT2D eigenvalue weighted by molar-refractivity contribution is -0.0958. The van der Waals surface area contributed by atoms with Crippen molar-refractivity contribution < 1.29 is 9.94 Å². The van der Waals surface area contributed by atoms with E-state index in [9.17, 15) is 5.11 Å². The summed E-state index contributed by atoms with van der Waals surface area (Å²) >= 11 is 0. The van der Waals surface area contributed by atoms with E-state index >= 15 is 0 Å². The van der Waals surface area contributed by atoms with Crippen molar-refractivity contribution in [3.63, 3.8) is 0 Å². The molecule has 0 aromatic heterocycles. The first-order valence-corrected chi connectivity index (χ1v) is 6.64. The minimum absolute atomic E-state index is 0.456. The zero-order chi connectivity index (χ0) is 13.0. The number of aliphatic hydroxyl groups is 1. The van der Waals surface area contributed by atoms with Gasteiger partial charge in [-0.3, -0.25) is 0 Å². The number of rotatable bonds is 5. The average molecular weight is 247 g/mol. The molecule has 0 unspecified atom stereocenters. The van der Waals surface area contributed by atoms with Crippen molar-refractivity contribution in [2.45, 2.75) is 51.2 Å². The molecule has 0 saturated carbocycles. The second kappa shape index (κ2) is 5.53. The topological polar surface area (TPSA) is 41.8 Å². The largest absolute Gasteiger partial charge is 0.389 e. The Morgan fingerprint density at radius 1 is 1.39 bits per heavy atom. The molecular weight excluding hydrogens is 226 g/mol. The minimum Gasteiger partial charge on any atom is -0.389 e. The van der Waals surface area contributed by atoms with E-state index in [1.807, 2.05) is 37.3 Å². The molecule has 1 aromatic carbocycles. The van der Waals surface area contributed by atoms with Gasteiger partial charge in [-0.05, 0) is 18.9 Å². The molecule has 0 aliphatic carbocycles. The summed E-state index contributed by atoms with van der Waals surface area (Å²) in [6.45, 7) is 4.06. The molecule has 3 heteroatoms. The van der Waals surface area contributed by atoms with Gasteiger partial charge in [-0.25, -0.2) is 0 Å². The summed E-state index contributed by atoms with van der Waals surface area (Å²) in [6, 6.07) is 10.00. The first-order valence-electron chi connectivity index (χ1n) is 6.64. The molecule has 0 radical (unpaired) electrons. The fraction of sp³-hybridized carbons (Fsp3) is 0.533. The minimum atomic E-state index is -0.569. The van der Waals surface area contributed by atoms with Crippen molar-refractivity contribution in [3.8, 4) is 0 Å². The monoisotopic (exact) mass is 247 g/mol. The number of unbranched alkanes of at least 4 members (excludes halogenated alkanes) is 1. The standard InChI is InChI=1S/C15H21NO2/c1-3-4-10-14(17)15(2)11-13(16-18-15)12-8-6-5-7-9-12/h5-9,14,17H,3-4,10-11H2,1-2H3/t14-,15-/m1/s1. The molecule has 0 spiro atoms. The second-order valence-corrected chi connectivity index (χ2v) is 5.14. The maximum absolute atomic E-state index is 10.2. The van der Waals surface area contributed by atoms with Gasteiger partial charge in [-0.15, -0.1) is 0 Å². The lowest BCUT2D eigenvalue weighted by Gasteiger charge is -2.27. The fourth-order valence-electron chi connectivity index (χ4n) is 2.22. The second-order valence-electron chi connectivity index (χ2n) is 5.14. The Balaban J connectivity index is 2.01. The number of hydrogen-bond acceptors (Lipinski definition) is 3. The van der Waals surface area contributed by atoms with Crippen LogP contribution in [0, 0.1) is 0 Å². The van der Waals surface area contributed by atoms with Crippen molar-refractivity contribution in [1.29, 1.82) is 0 Å². The Morgan fingerprint density at radius 3 is 2.78 bits per heavy atom. The Morgan fingerprint density at radius 2 is 2.11 bits per heavy atom. The molecule has 2 atom stereocenters. The van der Waals surface area contributed by atoms with Crippen LogP contribution in [0.5, 0.6) is 0 Å². The summed E-state index contributed by atoms with van der Waals surface area (Å²) in [6.07, 6.45) is 3.08. The van der Waals surface area contributed by atoms with E-state index in [2.05, 4.69) is 12.1 Å². The van der Waals surface area contributed by atoms with E-state index in [4.69, 9.17) is 4.84 Å². The number of oxime groups is 1. The zero-order valence-electron chi connectivity index (χ0n) is 11.1. The first kappa shape index (κ1) is 13.1. The number of aliphatic hydroxyl groups excluding tert-OH is 1. The van der Waals surface area contributed by atoms with Crippen LogP contribution in [0.4, 0.5) is 0 Å². The van der Waals surface area contributed by atoms with Gasteiger partial charge in [0.05, 0.1) is 11.8 Å². The molecule has 0 bridgehead atoms. The molecule has 0 amide bonds. The van der Waals surface area contributed by atoms with Crippen molar-refractivity contribution in [1.82, 2.24) is 0 Å². The Hall–Kier alpha value is -1.35. The predicted octanol–water partition coefficient (Wildman–Crippen LogP) is 3.12. The lowest BCUT2D eigenvalue weighted by Crippen LogP contribution is -2.39. The molecule has 18 heavy (non-hydrogen) atoms. The van der Waals surface area contributed by atoms with E-state index in [1.165, 1.54) is 0 Å². The molecule has 98 valence electrons. The molecule has 1 aliphatic rings. The normalized spacial score (nSPS) is 24.5. The van der Waals surface area contributed by atoms with Crippen molar-refractivity contribution in [3.05, 3.63) is 35.9 Å². The molecule has 1 heterocycles. The van der Waals surface area contributed by atoms with Crippen LogP contribution in [0.2, 0.25) is 0 Å². The van der Waals surface area contributed by atoms with Crippen molar-refractivity contribution in [2.24, 2.45) is 5.16 Å². The van der Waals surface area contributed by atoms with Crippen molar-refractivity contribution in [2.75, 3.05) is 0 Å². The Bertz CT molecular complexity index is 416. The van der Waals surface area contributed by atoms with Crippen molar-refractivity contribution >= 4 is 5.71 Å². The number of hydrogen-bond donors (Lipinski definition) is 1. The molecule has 2 rings (SSSR count). The highest BCUT2D eigenvalue weighted by atomic mass is 16.7. The van der Waals surface area contributed by atoms with Crippen LogP contribution in [0.1, 0.15) is 45.1 Å². The summed E-state index contributed by atoms with van der Waals surface area (Å²) in [5.74, 6) is 0. The smallest absolute Gasteiger partial charge is 0.166 e. The van der Waals surface area contributed by atoms with Crippen LogP contribution in [0.3, 0.4) is 0 Å². The highest BCUT2D eigenvalue weighted by Gasteiger charge is 2.41. The summed E-state index contributed by atoms with van der Waals surface area (Å²) in [5.41, 5.74) is 1.43. The SMILES string of the molecule is CCCC[C@@H](O)[C@@]1(C)CC(c2ccccc2)=NO1. The van der Waals surface area contributed by atoms with Gasteiger partial charge in [0.25, 0.3) is 0 Å². The van der Waals surface area contributed by atoms with Gasteiger partial charge in [-0.2, -0.15) is 0 Å². The maximum Gasteiger partial charge on any atom is 0.166 e. The van der Waals surface area contributed by atoms with E-state index in [-0.39, 0.29) is 0 Å². The number of benzene rings is 1. The van der Waals surface area contributed by atoms with E-state index in [0.717, 1.165) is 30.5 Å². The van der Waals surface area contributed by atoms with Crippen LogP contribution in [0.15, 0.2) is 35.5 Å². The maximum atomic E-state index is 10.2. The summed E-state index contributed by atoms with van der Waals surface area (Å²) in [7, 11) is 0. The van der Waals surface area contributed by atoms with Crippen LogP contribution in [-0.4, -0.2) is 22.5 Å². The highest BCUT2D eigenvalue weighted by molar-refractivity contribution is 6.01. The molecule has 1 aromatic rings. The zero-order valence-corrected chi connectivity index (χ0v) is 11.1. The third-order valence-corrected chi connectivity index (χ3v) is 3.53. The van der Waals surface area contributed by atoms with Crippen LogP contribution in [-0.2, 0) is 4.84 Å². The van der Waals surface area contributed by atoms with Gasteiger partial charge in [-0.1, -0.05) is 55.3 Å². The van der Waals surface area contributed by atoms with E-state index in [1.54, 1.807) is 0 Å². The van der Waals surface area contributed by atoms with Crippen LogP contribution in [0.25, 0.3) is 0 Å². The summed E-state index contributed by atoms with van der Waals surface area (Å²) in [5, 5.41) is 14.4. The molecule has 1 N–H and O–H groups in total. The first-order chi connectivity index (χ1) is 8.65. The van der Waals surface area contributed by atoms with E-state index < -0.39 is 11.7 Å². The molecule has 0 saturated heterocycles.